The summed E-state index contributed by atoms with van der Waals surface area (Å²) in [5.41, 5.74) is 0. The smallest absolute Gasteiger partial charge is 0.191 e. The molecule has 1 aromatic rings. The summed E-state index contributed by atoms with van der Waals surface area (Å²) in [6, 6.07) is 3.49. The van der Waals surface area contributed by atoms with Gasteiger partial charge >= 0.3 is 0 Å². The minimum atomic E-state index is -0.0683. The molecule has 4 rings (SSSR count). The van der Waals surface area contributed by atoms with E-state index in [4.69, 9.17) is 0 Å². The lowest BCUT2D eigenvalue weighted by molar-refractivity contribution is 0.621. The number of thioether (sulfide) groups is 1. The molecule has 3 aliphatic rings. The van der Waals surface area contributed by atoms with Gasteiger partial charge in [0.2, 0.25) is 0 Å². The fourth-order valence-corrected chi connectivity index (χ4v) is 3.46. The van der Waals surface area contributed by atoms with Crippen LogP contribution in [0.1, 0.15) is 56.3 Å². The lowest BCUT2D eigenvalue weighted by atomic mass is 10.4. The first-order valence-corrected chi connectivity index (χ1v) is 8.57. The third-order valence-corrected chi connectivity index (χ3v) is 5.13. The van der Waals surface area contributed by atoms with E-state index in [1.54, 1.807) is 11.8 Å². The third kappa shape index (κ3) is 2.70. The molecule has 20 heavy (non-hydrogen) atoms. The standard InChI is InChI=1S/C14H19N5S/c15-7-11(16-10-3-4-10)8-20-14-18-17-13(9-1-2-9)19(14)12-5-6-12/h9-12,16H,1-6,8H2. The van der Waals surface area contributed by atoms with Crippen LogP contribution in [0.15, 0.2) is 5.16 Å². The van der Waals surface area contributed by atoms with Gasteiger partial charge in [-0.25, -0.2) is 0 Å². The van der Waals surface area contributed by atoms with E-state index in [1.165, 1.54) is 44.3 Å². The Kier molecular flexibility index (Phi) is 3.20. The van der Waals surface area contributed by atoms with Gasteiger partial charge in [0.25, 0.3) is 0 Å². The molecule has 0 aromatic carbocycles. The molecule has 3 fully saturated rings. The zero-order valence-corrected chi connectivity index (χ0v) is 12.3. The third-order valence-electron chi connectivity index (χ3n) is 4.09. The van der Waals surface area contributed by atoms with Crippen molar-refractivity contribution in [2.45, 2.75) is 67.7 Å². The monoisotopic (exact) mass is 289 g/mol. The second-order valence-electron chi connectivity index (χ2n) is 6.15. The lowest BCUT2D eigenvalue weighted by Gasteiger charge is -2.11. The maximum absolute atomic E-state index is 9.21. The van der Waals surface area contributed by atoms with Crippen LogP contribution in [0, 0.1) is 11.3 Å². The van der Waals surface area contributed by atoms with Gasteiger partial charge in [-0.1, -0.05) is 11.8 Å². The molecule has 0 amide bonds. The van der Waals surface area contributed by atoms with Crippen molar-refractivity contribution in [2.75, 3.05) is 5.75 Å². The highest BCUT2D eigenvalue weighted by molar-refractivity contribution is 7.99. The Labute approximate surface area is 123 Å². The molecule has 1 unspecified atom stereocenters. The van der Waals surface area contributed by atoms with Crippen molar-refractivity contribution >= 4 is 11.8 Å². The molecule has 6 heteroatoms. The van der Waals surface area contributed by atoms with Crippen molar-refractivity contribution in [3.63, 3.8) is 0 Å². The summed E-state index contributed by atoms with van der Waals surface area (Å²) in [4.78, 5) is 0. The van der Waals surface area contributed by atoms with Gasteiger partial charge in [-0.3, -0.25) is 5.32 Å². The van der Waals surface area contributed by atoms with Gasteiger partial charge in [-0.15, -0.1) is 10.2 Å². The zero-order chi connectivity index (χ0) is 13.5. The Morgan fingerprint density at radius 1 is 1.25 bits per heavy atom. The first-order valence-electron chi connectivity index (χ1n) is 7.58. The van der Waals surface area contributed by atoms with E-state index in [2.05, 4.69) is 26.2 Å². The van der Waals surface area contributed by atoms with Gasteiger partial charge in [0.15, 0.2) is 5.16 Å². The van der Waals surface area contributed by atoms with E-state index in [-0.39, 0.29) is 6.04 Å². The molecule has 1 N–H and O–H groups in total. The topological polar surface area (TPSA) is 66.5 Å². The highest BCUT2D eigenvalue weighted by atomic mass is 32.2. The van der Waals surface area contributed by atoms with Crippen LogP contribution in [0.2, 0.25) is 0 Å². The van der Waals surface area contributed by atoms with Gasteiger partial charge in [-0.05, 0) is 38.5 Å². The van der Waals surface area contributed by atoms with E-state index >= 15 is 0 Å². The van der Waals surface area contributed by atoms with Crippen LogP contribution < -0.4 is 5.32 Å². The summed E-state index contributed by atoms with van der Waals surface area (Å²) in [6.45, 7) is 0. The molecule has 0 saturated heterocycles. The second-order valence-corrected chi connectivity index (χ2v) is 7.14. The van der Waals surface area contributed by atoms with Crippen molar-refractivity contribution in [3.8, 4) is 6.07 Å². The number of rotatable bonds is 7. The number of hydrogen-bond donors (Lipinski definition) is 1. The van der Waals surface area contributed by atoms with Crippen LogP contribution in [0.3, 0.4) is 0 Å². The molecule has 1 aromatic heterocycles. The Hall–Kier alpha value is -1.06. The van der Waals surface area contributed by atoms with Crippen LogP contribution in [0.5, 0.6) is 0 Å². The Bertz CT molecular complexity index is 536. The average Bonchev–Trinajstić information content (AvgIpc) is 3.32. The van der Waals surface area contributed by atoms with E-state index in [0.29, 0.717) is 18.0 Å². The normalized spacial score (nSPS) is 23.6. The molecule has 1 heterocycles. The van der Waals surface area contributed by atoms with Crippen molar-refractivity contribution in [1.29, 1.82) is 5.26 Å². The molecule has 5 nitrogen and oxygen atoms in total. The molecule has 1 atom stereocenters. The van der Waals surface area contributed by atoms with Crippen LogP contribution >= 0.6 is 11.8 Å². The largest absolute Gasteiger partial charge is 0.303 e. The van der Waals surface area contributed by atoms with Crippen LogP contribution in [0.25, 0.3) is 0 Å². The molecule has 106 valence electrons. The van der Waals surface area contributed by atoms with E-state index in [9.17, 15) is 5.26 Å². The minimum Gasteiger partial charge on any atom is -0.303 e. The summed E-state index contributed by atoms with van der Waals surface area (Å²) in [7, 11) is 0. The Morgan fingerprint density at radius 2 is 2.05 bits per heavy atom. The highest BCUT2D eigenvalue weighted by Gasteiger charge is 2.36. The quantitative estimate of drug-likeness (QED) is 0.780. The summed E-state index contributed by atoms with van der Waals surface area (Å²) in [6.07, 6.45) is 7.47. The van der Waals surface area contributed by atoms with E-state index in [0.717, 1.165) is 10.9 Å². The summed E-state index contributed by atoms with van der Waals surface area (Å²) in [5, 5.41) is 22.4. The van der Waals surface area contributed by atoms with Gasteiger partial charge < -0.3 is 4.57 Å². The fraction of sp³-hybridized carbons (Fsp3) is 0.786. The lowest BCUT2D eigenvalue weighted by Crippen LogP contribution is -2.31. The predicted octanol–water partition coefficient (Wildman–Crippen LogP) is 2.23. The highest BCUT2D eigenvalue weighted by Crippen LogP contribution is 2.46. The maximum atomic E-state index is 9.21. The van der Waals surface area contributed by atoms with Crippen LogP contribution in [-0.4, -0.2) is 32.6 Å². The maximum Gasteiger partial charge on any atom is 0.191 e. The minimum absolute atomic E-state index is 0.0683. The van der Waals surface area contributed by atoms with Crippen molar-refractivity contribution in [1.82, 2.24) is 20.1 Å². The van der Waals surface area contributed by atoms with Gasteiger partial charge in [0.05, 0.1) is 6.07 Å². The molecule has 0 aliphatic heterocycles. The molecule has 3 saturated carbocycles. The molecule has 0 radical (unpaired) electrons. The molecular weight excluding hydrogens is 270 g/mol. The molecular formula is C14H19N5S. The summed E-state index contributed by atoms with van der Waals surface area (Å²) < 4.78 is 2.36. The van der Waals surface area contributed by atoms with E-state index in [1.807, 2.05) is 0 Å². The first kappa shape index (κ1) is 12.7. The van der Waals surface area contributed by atoms with Crippen molar-refractivity contribution < 1.29 is 0 Å². The summed E-state index contributed by atoms with van der Waals surface area (Å²) >= 11 is 1.69. The fourth-order valence-electron chi connectivity index (χ4n) is 2.50. The number of hydrogen-bond acceptors (Lipinski definition) is 5. The first-order chi connectivity index (χ1) is 9.85. The van der Waals surface area contributed by atoms with Gasteiger partial charge in [0, 0.05) is 23.8 Å². The Balaban J connectivity index is 1.43. The van der Waals surface area contributed by atoms with Gasteiger partial charge in [-0.2, -0.15) is 5.26 Å². The number of nitrogens with one attached hydrogen (secondary N) is 1. The second kappa shape index (κ2) is 5.05. The number of nitrogens with zero attached hydrogens (tertiary/aromatic N) is 4. The van der Waals surface area contributed by atoms with Crippen LogP contribution in [0.4, 0.5) is 0 Å². The van der Waals surface area contributed by atoms with Crippen LogP contribution in [-0.2, 0) is 0 Å². The number of nitriles is 1. The Morgan fingerprint density at radius 3 is 2.65 bits per heavy atom. The van der Waals surface area contributed by atoms with Gasteiger partial charge in [0.1, 0.15) is 11.9 Å². The van der Waals surface area contributed by atoms with Crippen molar-refractivity contribution in [3.05, 3.63) is 5.82 Å². The zero-order valence-electron chi connectivity index (χ0n) is 11.5. The molecule has 3 aliphatic carbocycles. The molecule has 0 spiro atoms. The molecule has 0 bridgehead atoms. The van der Waals surface area contributed by atoms with E-state index < -0.39 is 0 Å². The average molecular weight is 289 g/mol. The summed E-state index contributed by atoms with van der Waals surface area (Å²) in [5.74, 6) is 2.61. The SMILES string of the molecule is N#CC(CSc1nnc(C2CC2)n1C1CC1)NC1CC1. The predicted molar refractivity (Wildman–Crippen MR) is 76.6 cm³/mol. The van der Waals surface area contributed by atoms with Crippen molar-refractivity contribution in [2.24, 2.45) is 0 Å². The number of aromatic nitrogens is 3.